The van der Waals surface area contributed by atoms with Gasteiger partial charge in [0.15, 0.2) is 11.6 Å². The first kappa shape index (κ1) is 19.6. The van der Waals surface area contributed by atoms with Crippen LogP contribution in [0, 0.1) is 18.7 Å². The van der Waals surface area contributed by atoms with Crippen LogP contribution in [-0.2, 0) is 9.59 Å². The number of phenolic OH excluding ortho intramolecular Hbond substituents is 1. The van der Waals surface area contributed by atoms with Crippen LogP contribution in [0.4, 0.5) is 15.9 Å². The number of pyridine rings is 1. The maximum atomic E-state index is 13.4. The van der Waals surface area contributed by atoms with E-state index in [1.54, 1.807) is 13.0 Å². The maximum absolute atomic E-state index is 13.4. The predicted molar refractivity (Wildman–Crippen MR) is 103 cm³/mol. The number of aryl methyl sites for hydroxylation is 1. The Morgan fingerprint density at radius 3 is 2.75 bits per heavy atom. The summed E-state index contributed by atoms with van der Waals surface area (Å²) in [7, 11) is 0. The number of hydrogen-bond donors (Lipinski definition) is 3. The zero-order valence-electron chi connectivity index (χ0n) is 15.8. The number of likely N-dealkylation sites (tertiary alicyclic amines) is 1. The number of benzene rings is 1. The molecular formula is C20H23FN4O3. The van der Waals surface area contributed by atoms with Crippen LogP contribution in [-0.4, -0.2) is 33.3 Å². The average molecular weight is 386 g/mol. The van der Waals surface area contributed by atoms with Gasteiger partial charge in [-0.25, -0.2) is 9.37 Å². The number of carbonyl (C=O) groups is 2. The van der Waals surface area contributed by atoms with Gasteiger partial charge in [0.05, 0.1) is 17.9 Å². The van der Waals surface area contributed by atoms with E-state index < -0.39 is 29.4 Å². The number of nitrogens with two attached hydrogens (primary N) is 1. The molecule has 1 aliphatic rings. The molecule has 28 heavy (non-hydrogen) atoms. The Labute approximate surface area is 162 Å². The summed E-state index contributed by atoms with van der Waals surface area (Å²) in [5.41, 5.74) is 7.34. The van der Waals surface area contributed by atoms with E-state index in [0.29, 0.717) is 35.6 Å². The molecule has 1 aromatic carbocycles. The number of carbonyl (C=O) groups excluding carboxylic acids is 2. The predicted octanol–water partition coefficient (Wildman–Crippen LogP) is 2.76. The van der Waals surface area contributed by atoms with Gasteiger partial charge in [-0.1, -0.05) is 13.0 Å². The molecule has 0 saturated carbocycles. The Morgan fingerprint density at radius 2 is 2.07 bits per heavy atom. The van der Waals surface area contributed by atoms with Gasteiger partial charge < -0.3 is 21.1 Å². The van der Waals surface area contributed by atoms with Crippen molar-refractivity contribution in [2.24, 2.45) is 5.92 Å². The molecule has 0 bridgehead atoms. The molecule has 2 aromatic rings. The standard InChI is InChI=1S/C20H23FN4O3/c1-11-3-6-16(13-4-5-15(21)17(26)8-13)25(10-11)20(28)19(27)24-14-7-12(2)18(22)23-9-14/h4-5,7-9,11,16,26H,3,6,10H2,1-2H3,(H2,22,23)(H,24,27)/t11-,16+/m0/s1. The minimum Gasteiger partial charge on any atom is -0.505 e. The van der Waals surface area contributed by atoms with E-state index in [1.165, 1.54) is 23.2 Å². The lowest BCUT2D eigenvalue weighted by molar-refractivity contribution is -0.146. The molecule has 1 aromatic heterocycles. The quantitative estimate of drug-likeness (QED) is 0.688. The highest BCUT2D eigenvalue weighted by molar-refractivity contribution is 6.39. The van der Waals surface area contributed by atoms with Gasteiger partial charge >= 0.3 is 11.8 Å². The van der Waals surface area contributed by atoms with Crippen LogP contribution >= 0.6 is 0 Å². The Balaban J connectivity index is 1.82. The van der Waals surface area contributed by atoms with Crippen molar-refractivity contribution in [1.29, 1.82) is 0 Å². The Hall–Kier alpha value is -3.16. The van der Waals surface area contributed by atoms with Crippen molar-refractivity contribution < 1.29 is 19.1 Å². The Morgan fingerprint density at radius 1 is 1.32 bits per heavy atom. The van der Waals surface area contributed by atoms with Gasteiger partial charge in [0, 0.05) is 6.54 Å². The molecule has 1 fully saturated rings. The summed E-state index contributed by atoms with van der Waals surface area (Å²) in [4.78, 5) is 30.9. The van der Waals surface area contributed by atoms with Crippen LogP contribution in [0.2, 0.25) is 0 Å². The third-order valence-corrected chi connectivity index (χ3v) is 5.00. The van der Waals surface area contributed by atoms with Crippen molar-refractivity contribution in [2.45, 2.75) is 32.7 Å². The summed E-state index contributed by atoms with van der Waals surface area (Å²) in [5.74, 6) is -2.09. The van der Waals surface area contributed by atoms with E-state index in [4.69, 9.17) is 5.73 Å². The molecular weight excluding hydrogens is 363 g/mol. The van der Waals surface area contributed by atoms with Crippen LogP contribution in [0.15, 0.2) is 30.5 Å². The lowest BCUT2D eigenvalue weighted by Gasteiger charge is -2.38. The monoisotopic (exact) mass is 386 g/mol. The highest BCUT2D eigenvalue weighted by Crippen LogP contribution is 2.35. The number of aromatic hydroxyl groups is 1. The number of piperidine rings is 1. The maximum Gasteiger partial charge on any atom is 0.313 e. The van der Waals surface area contributed by atoms with Crippen LogP contribution in [0.25, 0.3) is 0 Å². The number of nitrogen functional groups attached to an aromatic ring is 1. The number of amides is 2. The summed E-state index contributed by atoms with van der Waals surface area (Å²) in [6.07, 6.45) is 2.87. The molecule has 4 N–H and O–H groups in total. The lowest BCUT2D eigenvalue weighted by Crippen LogP contribution is -2.46. The van der Waals surface area contributed by atoms with E-state index >= 15 is 0 Å². The fourth-order valence-corrected chi connectivity index (χ4v) is 3.43. The summed E-state index contributed by atoms with van der Waals surface area (Å²) in [6.45, 7) is 4.15. The third kappa shape index (κ3) is 4.05. The largest absolute Gasteiger partial charge is 0.505 e. The van der Waals surface area contributed by atoms with Crippen LogP contribution in [0.3, 0.4) is 0 Å². The molecule has 3 rings (SSSR count). The molecule has 0 spiro atoms. The van der Waals surface area contributed by atoms with Crippen LogP contribution in [0.1, 0.15) is 36.9 Å². The first-order chi connectivity index (χ1) is 13.3. The molecule has 0 unspecified atom stereocenters. The fourth-order valence-electron chi connectivity index (χ4n) is 3.43. The summed E-state index contributed by atoms with van der Waals surface area (Å²) < 4.78 is 13.4. The number of rotatable bonds is 2. The average Bonchev–Trinajstić information content (AvgIpc) is 2.66. The molecule has 1 saturated heterocycles. The fraction of sp³-hybridized carbons (Fsp3) is 0.350. The van der Waals surface area contributed by atoms with E-state index in [9.17, 15) is 19.1 Å². The van der Waals surface area contributed by atoms with Gasteiger partial charge in [0.25, 0.3) is 0 Å². The third-order valence-electron chi connectivity index (χ3n) is 5.00. The van der Waals surface area contributed by atoms with Gasteiger partial charge in [0.2, 0.25) is 0 Å². The van der Waals surface area contributed by atoms with Gasteiger partial charge in [-0.15, -0.1) is 0 Å². The van der Waals surface area contributed by atoms with Crippen molar-refractivity contribution >= 4 is 23.3 Å². The van der Waals surface area contributed by atoms with E-state index in [0.717, 1.165) is 12.5 Å². The number of phenols is 1. The van der Waals surface area contributed by atoms with Crippen molar-refractivity contribution in [3.05, 3.63) is 47.4 Å². The second-order valence-corrected chi connectivity index (χ2v) is 7.25. The first-order valence-corrected chi connectivity index (χ1v) is 9.08. The van der Waals surface area contributed by atoms with Crippen molar-refractivity contribution in [1.82, 2.24) is 9.88 Å². The Kier molecular flexibility index (Phi) is 5.48. The van der Waals surface area contributed by atoms with Crippen molar-refractivity contribution in [2.75, 3.05) is 17.6 Å². The van der Waals surface area contributed by atoms with Gasteiger partial charge in [-0.2, -0.15) is 0 Å². The molecule has 2 amide bonds. The molecule has 148 valence electrons. The molecule has 7 nitrogen and oxygen atoms in total. The lowest BCUT2D eigenvalue weighted by atomic mass is 9.89. The van der Waals surface area contributed by atoms with Gasteiger partial charge in [-0.3, -0.25) is 9.59 Å². The molecule has 0 aliphatic carbocycles. The highest BCUT2D eigenvalue weighted by Gasteiger charge is 2.34. The SMILES string of the molecule is Cc1cc(NC(=O)C(=O)N2C[C@@H](C)CC[C@@H]2c2ccc(F)c(O)c2)cnc1N. The smallest absolute Gasteiger partial charge is 0.313 e. The number of aromatic nitrogens is 1. The van der Waals surface area contributed by atoms with E-state index in [-0.39, 0.29) is 5.92 Å². The second kappa shape index (κ2) is 7.84. The zero-order chi connectivity index (χ0) is 20.4. The normalized spacial score (nSPS) is 19.3. The summed E-state index contributed by atoms with van der Waals surface area (Å²) in [6, 6.07) is 5.23. The van der Waals surface area contributed by atoms with E-state index in [1.807, 2.05) is 6.92 Å². The molecule has 2 heterocycles. The molecule has 1 aliphatic heterocycles. The summed E-state index contributed by atoms with van der Waals surface area (Å²) in [5, 5.41) is 12.2. The van der Waals surface area contributed by atoms with Crippen LogP contribution in [0.5, 0.6) is 5.75 Å². The minimum atomic E-state index is -0.781. The number of halogens is 1. The number of nitrogens with zero attached hydrogens (tertiary/aromatic N) is 2. The van der Waals surface area contributed by atoms with E-state index in [2.05, 4.69) is 10.3 Å². The minimum absolute atomic E-state index is 0.225. The number of anilines is 2. The second-order valence-electron chi connectivity index (χ2n) is 7.25. The van der Waals surface area contributed by atoms with Gasteiger partial charge in [0.1, 0.15) is 5.82 Å². The van der Waals surface area contributed by atoms with Crippen LogP contribution < -0.4 is 11.1 Å². The summed E-state index contributed by atoms with van der Waals surface area (Å²) >= 11 is 0. The zero-order valence-corrected chi connectivity index (χ0v) is 15.8. The molecule has 2 atom stereocenters. The van der Waals surface area contributed by atoms with Crippen molar-refractivity contribution in [3.8, 4) is 5.75 Å². The number of hydrogen-bond acceptors (Lipinski definition) is 5. The molecule has 0 radical (unpaired) electrons. The number of nitrogens with one attached hydrogen (secondary N) is 1. The Bertz CT molecular complexity index is 918. The molecule has 8 heteroatoms. The topological polar surface area (TPSA) is 109 Å². The van der Waals surface area contributed by atoms with Gasteiger partial charge in [-0.05, 0) is 55.0 Å². The van der Waals surface area contributed by atoms with Crippen molar-refractivity contribution in [3.63, 3.8) is 0 Å². The first-order valence-electron chi connectivity index (χ1n) is 9.08. The highest BCUT2D eigenvalue weighted by atomic mass is 19.1.